The van der Waals surface area contributed by atoms with Gasteiger partial charge in [-0.2, -0.15) is 0 Å². The predicted octanol–water partition coefficient (Wildman–Crippen LogP) is 2.62. The summed E-state index contributed by atoms with van der Waals surface area (Å²) in [6, 6.07) is 0. The average molecular weight is 273 g/mol. The van der Waals surface area contributed by atoms with Crippen LogP contribution in [-0.2, 0) is 0 Å². The summed E-state index contributed by atoms with van der Waals surface area (Å²) in [4.78, 5) is 0. The van der Waals surface area contributed by atoms with Crippen LogP contribution in [0.1, 0.15) is 0 Å². The molecule has 0 bridgehead atoms. The van der Waals surface area contributed by atoms with Gasteiger partial charge in [0.15, 0.2) is 0 Å². The Balaban J connectivity index is 5.11. The molecule has 0 aromatic rings. The van der Waals surface area contributed by atoms with Gasteiger partial charge >= 0.3 is 0 Å². The molecule has 0 aliphatic rings. The summed E-state index contributed by atoms with van der Waals surface area (Å²) in [5.74, 6) is 0. The molecule has 88 valence electrons. The fraction of sp³-hybridized carbons (Fsp3) is 0.429. The van der Waals surface area contributed by atoms with Gasteiger partial charge in [0, 0.05) is 0 Å². The van der Waals surface area contributed by atoms with Crippen LogP contribution >= 0.6 is 0 Å². The third kappa shape index (κ3) is 6.93. The monoisotopic (exact) mass is 272 g/mol. The minimum absolute atomic E-state index is 1.77. The molecule has 0 aliphatic heterocycles. The molecule has 0 saturated heterocycles. The quantitative estimate of drug-likeness (QED) is 0.470. The molecule has 0 spiro atoms. The molecule has 0 aromatic heterocycles. The summed E-state index contributed by atoms with van der Waals surface area (Å²) in [6.45, 7) is 12.6. The molecule has 0 N–H and O–H groups in total. The highest BCUT2D eigenvalue weighted by molar-refractivity contribution is 6.99. The van der Waals surface area contributed by atoms with E-state index in [4.69, 9.17) is 12.8 Å². The standard InChI is InChI=1S/C14H20Si3/c1-9-15(3,4)11-13-17(7,8)14-12-16(5,6)10-2/h1-2H,3-8H3. The van der Waals surface area contributed by atoms with E-state index in [9.17, 15) is 0 Å². The maximum atomic E-state index is 5.47. The second-order valence-electron chi connectivity index (χ2n) is 5.66. The smallest absolute Gasteiger partial charge is 0.126 e. The molecular formula is C14H20Si3. The van der Waals surface area contributed by atoms with E-state index in [-0.39, 0.29) is 0 Å². The van der Waals surface area contributed by atoms with Crippen LogP contribution in [0.5, 0.6) is 0 Å². The lowest BCUT2D eigenvalue weighted by Crippen LogP contribution is -2.28. The molecule has 0 saturated carbocycles. The summed E-state index contributed by atoms with van der Waals surface area (Å²) in [5.41, 5.74) is 18.9. The van der Waals surface area contributed by atoms with Gasteiger partial charge in [-0.25, -0.2) is 0 Å². The Morgan fingerprint density at radius 2 is 0.765 bits per heavy atom. The fourth-order valence-electron chi connectivity index (χ4n) is 0.728. The summed E-state index contributed by atoms with van der Waals surface area (Å²) >= 11 is 0. The second kappa shape index (κ2) is 5.48. The maximum Gasteiger partial charge on any atom is 0.209 e. The van der Waals surface area contributed by atoms with Crippen LogP contribution in [0.3, 0.4) is 0 Å². The lowest BCUT2D eigenvalue weighted by Gasteiger charge is -2.10. The van der Waals surface area contributed by atoms with Crippen LogP contribution in [0.15, 0.2) is 0 Å². The third-order valence-electron chi connectivity index (χ3n) is 2.10. The Kier molecular flexibility index (Phi) is 5.13. The van der Waals surface area contributed by atoms with E-state index in [0.29, 0.717) is 0 Å². The van der Waals surface area contributed by atoms with Crippen molar-refractivity contribution in [2.24, 2.45) is 0 Å². The first kappa shape index (κ1) is 15.9. The zero-order valence-electron chi connectivity index (χ0n) is 11.7. The number of terminal acetylenes is 2. The number of hydrogen-bond acceptors (Lipinski definition) is 0. The predicted molar refractivity (Wildman–Crippen MR) is 85.7 cm³/mol. The minimum atomic E-state index is -1.80. The Labute approximate surface area is 110 Å². The van der Waals surface area contributed by atoms with Crippen molar-refractivity contribution >= 4 is 24.2 Å². The van der Waals surface area contributed by atoms with Crippen molar-refractivity contribution in [2.75, 3.05) is 0 Å². The van der Waals surface area contributed by atoms with E-state index in [1.54, 1.807) is 0 Å². The van der Waals surface area contributed by atoms with Gasteiger partial charge < -0.3 is 0 Å². The van der Waals surface area contributed by atoms with Crippen LogP contribution in [0.2, 0.25) is 39.3 Å². The van der Waals surface area contributed by atoms with Crippen molar-refractivity contribution in [3.05, 3.63) is 0 Å². The molecule has 0 radical (unpaired) electrons. The largest absolute Gasteiger partial charge is 0.209 e. The van der Waals surface area contributed by atoms with Gasteiger partial charge in [-0.3, -0.25) is 0 Å². The molecule has 0 fully saturated rings. The molecule has 0 unspecified atom stereocenters. The van der Waals surface area contributed by atoms with Crippen molar-refractivity contribution in [3.63, 3.8) is 0 Å². The van der Waals surface area contributed by atoms with E-state index < -0.39 is 24.2 Å². The van der Waals surface area contributed by atoms with Crippen molar-refractivity contribution in [2.45, 2.75) is 39.3 Å². The van der Waals surface area contributed by atoms with Gasteiger partial charge in [0.05, 0.1) is 0 Å². The summed E-state index contributed by atoms with van der Waals surface area (Å²) < 4.78 is 0. The summed E-state index contributed by atoms with van der Waals surface area (Å²) in [6.07, 6.45) is 10.9. The van der Waals surface area contributed by atoms with Crippen LogP contribution < -0.4 is 0 Å². The normalized spacial score (nSPS) is 11.1. The SMILES string of the molecule is C#C[Si](C)(C)C#C[Si](C)(C)C#C[Si](C)(C)C#C. The minimum Gasteiger partial charge on any atom is -0.126 e. The van der Waals surface area contributed by atoms with E-state index in [1.807, 2.05) is 0 Å². The number of hydrogen-bond donors (Lipinski definition) is 0. The maximum absolute atomic E-state index is 5.47. The van der Waals surface area contributed by atoms with Gasteiger partial charge in [0.25, 0.3) is 0 Å². The van der Waals surface area contributed by atoms with Crippen molar-refractivity contribution in [1.29, 1.82) is 0 Å². The van der Waals surface area contributed by atoms with Gasteiger partial charge in [-0.15, -0.1) is 46.1 Å². The van der Waals surface area contributed by atoms with Gasteiger partial charge in [0.2, 0.25) is 24.2 Å². The van der Waals surface area contributed by atoms with E-state index in [1.165, 1.54) is 0 Å². The van der Waals surface area contributed by atoms with Crippen molar-refractivity contribution < 1.29 is 0 Å². The molecule has 0 amide bonds. The Bertz CT molecular complexity index is 442. The van der Waals surface area contributed by atoms with Gasteiger partial charge in [0.1, 0.15) is 0 Å². The molecule has 3 heteroatoms. The molecule has 0 rings (SSSR count). The van der Waals surface area contributed by atoms with E-state index >= 15 is 0 Å². The molecule has 0 aromatic carbocycles. The first-order valence-corrected chi connectivity index (χ1v) is 14.6. The summed E-state index contributed by atoms with van der Waals surface area (Å²) in [5, 5.41) is 0. The molecule has 17 heavy (non-hydrogen) atoms. The second-order valence-corrected chi connectivity index (χ2v) is 17.0. The van der Waals surface area contributed by atoms with E-state index in [2.05, 4.69) is 72.5 Å². The first-order chi connectivity index (χ1) is 7.54. The lowest BCUT2D eigenvalue weighted by molar-refractivity contribution is 1.90. The highest BCUT2D eigenvalue weighted by Gasteiger charge is 2.20. The van der Waals surface area contributed by atoms with Crippen molar-refractivity contribution in [3.8, 4) is 46.1 Å². The Hall–Kier alpha value is -1.11. The number of rotatable bonds is 0. The topological polar surface area (TPSA) is 0 Å². The van der Waals surface area contributed by atoms with E-state index in [0.717, 1.165) is 0 Å². The zero-order valence-corrected chi connectivity index (χ0v) is 14.7. The average Bonchev–Trinajstić information content (AvgIpc) is 2.25. The fourth-order valence-corrected chi connectivity index (χ4v) is 5.94. The summed E-state index contributed by atoms with van der Waals surface area (Å²) in [7, 11) is -5.33. The lowest BCUT2D eigenvalue weighted by atomic mass is 11.3. The van der Waals surface area contributed by atoms with Gasteiger partial charge in [-0.1, -0.05) is 0 Å². The van der Waals surface area contributed by atoms with Crippen LogP contribution in [0.4, 0.5) is 0 Å². The molecule has 0 nitrogen and oxygen atoms in total. The Morgan fingerprint density at radius 3 is 1.00 bits per heavy atom. The zero-order chi connectivity index (χ0) is 13.7. The van der Waals surface area contributed by atoms with Crippen LogP contribution in [0.25, 0.3) is 0 Å². The van der Waals surface area contributed by atoms with Crippen LogP contribution in [-0.4, -0.2) is 24.2 Å². The highest BCUT2D eigenvalue weighted by Crippen LogP contribution is 2.03. The highest BCUT2D eigenvalue weighted by atomic mass is 28.3. The Morgan fingerprint density at radius 1 is 0.529 bits per heavy atom. The van der Waals surface area contributed by atoms with Crippen LogP contribution in [0, 0.1) is 46.1 Å². The van der Waals surface area contributed by atoms with Crippen molar-refractivity contribution in [1.82, 2.24) is 0 Å². The molecule has 0 heterocycles. The first-order valence-electron chi connectivity index (χ1n) is 5.58. The molecule has 0 atom stereocenters. The molecule has 0 aliphatic carbocycles. The van der Waals surface area contributed by atoms with Gasteiger partial charge in [-0.05, 0) is 39.3 Å². The molecular weight excluding hydrogens is 252 g/mol. The third-order valence-corrected chi connectivity index (χ3v) is 7.04.